The van der Waals surface area contributed by atoms with Gasteiger partial charge in [0, 0.05) is 22.0 Å². The molecule has 116 valence electrons. The van der Waals surface area contributed by atoms with E-state index >= 15 is 0 Å². The van der Waals surface area contributed by atoms with Crippen molar-refractivity contribution in [1.82, 2.24) is 0 Å². The number of hydrogen-bond donors (Lipinski definition) is 0. The molecule has 1 saturated heterocycles. The quantitative estimate of drug-likeness (QED) is 0.588. The Labute approximate surface area is 141 Å². The number of hydrogen-bond acceptors (Lipinski definition) is 5. The fraction of sp³-hybridized carbons (Fsp3) is 0.800. The zero-order valence-electron chi connectivity index (χ0n) is 13.1. The molecule has 1 aliphatic rings. The van der Waals surface area contributed by atoms with Crippen molar-refractivity contribution in [2.24, 2.45) is 5.41 Å². The minimum Gasteiger partial charge on any atom is -0.282 e. The SMILES string of the molecule is C=C(C)C(=O)SC(C)CC(C)(C)C1SCC(CSC)S1. The second kappa shape index (κ2) is 8.44. The van der Waals surface area contributed by atoms with Crippen LogP contribution in [0.4, 0.5) is 0 Å². The van der Waals surface area contributed by atoms with Crippen LogP contribution >= 0.6 is 47.0 Å². The van der Waals surface area contributed by atoms with Crippen LogP contribution in [-0.2, 0) is 4.79 Å². The second-order valence-corrected chi connectivity index (χ2v) is 11.2. The lowest BCUT2D eigenvalue weighted by Crippen LogP contribution is -2.26. The molecule has 0 aromatic heterocycles. The minimum atomic E-state index is 0.139. The van der Waals surface area contributed by atoms with Crippen molar-refractivity contribution in [3.05, 3.63) is 12.2 Å². The number of carbonyl (C=O) groups is 1. The molecule has 3 unspecified atom stereocenters. The van der Waals surface area contributed by atoms with Crippen molar-refractivity contribution in [1.29, 1.82) is 0 Å². The van der Waals surface area contributed by atoms with Crippen LogP contribution in [0.25, 0.3) is 0 Å². The highest BCUT2D eigenvalue weighted by atomic mass is 32.2. The maximum Gasteiger partial charge on any atom is 0.214 e. The lowest BCUT2D eigenvalue weighted by molar-refractivity contribution is -0.107. The Morgan fingerprint density at radius 2 is 2.15 bits per heavy atom. The van der Waals surface area contributed by atoms with Gasteiger partial charge in [0.15, 0.2) is 0 Å². The molecule has 0 radical (unpaired) electrons. The topological polar surface area (TPSA) is 17.1 Å². The van der Waals surface area contributed by atoms with Gasteiger partial charge in [0.1, 0.15) is 0 Å². The molecule has 1 aliphatic heterocycles. The summed E-state index contributed by atoms with van der Waals surface area (Å²) in [5.41, 5.74) is 0.925. The third-order valence-corrected chi connectivity index (χ3v) is 9.38. The van der Waals surface area contributed by atoms with Crippen molar-refractivity contribution >= 4 is 52.2 Å². The van der Waals surface area contributed by atoms with E-state index in [1.54, 1.807) is 6.92 Å². The minimum absolute atomic E-state index is 0.139. The number of thioether (sulfide) groups is 4. The van der Waals surface area contributed by atoms with E-state index in [0.29, 0.717) is 15.4 Å². The summed E-state index contributed by atoms with van der Waals surface area (Å²) in [6.07, 6.45) is 3.26. The van der Waals surface area contributed by atoms with Gasteiger partial charge in [0.25, 0.3) is 0 Å². The van der Waals surface area contributed by atoms with E-state index in [4.69, 9.17) is 0 Å². The predicted molar refractivity (Wildman–Crippen MR) is 101 cm³/mol. The van der Waals surface area contributed by atoms with Crippen molar-refractivity contribution in [3.63, 3.8) is 0 Å². The van der Waals surface area contributed by atoms with Gasteiger partial charge < -0.3 is 0 Å². The lowest BCUT2D eigenvalue weighted by atomic mass is 9.90. The molecule has 0 aliphatic carbocycles. The Morgan fingerprint density at radius 3 is 2.70 bits per heavy atom. The van der Waals surface area contributed by atoms with E-state index in [0.717, 1.165) is 11.7 Å². The molecule has 0 N–H and O–H groups in total. The number of rotatable bonds is 7. The van der Waals surface area contributed by atoms with E-state index in [-0.39, 0.29) is 10.5 Å². The summed E-state index contributed by atoms with van der Waals surface area (Å²) in [5, 5.41) is 1.29. The zero-order valence-corrected chi connectivity index (χ0v) is 16.4. The van der Waals surface area contributed by atoms with Crippen LogP contribution in [0.15, 0.2) is 12.2 Å². The van der Waals surface area contributed by atoms with Crippen LogP contribution in [0.5, 0.6) is 0 Å². The smallest absolute Gasteiger partial charge is 0.214 e. The zero-order chi connectivity index (χ0) is 15.3. The Morgan fingerprint density at radius 1 is 1.50 bits per heavy atom. The Balaban J connectivity index is 2.48. The fourth-order valence-corrected chi connectivity index (χ4v) is 8.17. The molecule has 1 heterocycles. The van der Waals surface area contributed by atoms with E-state index < -0.39 is 0 Å². The van der Waals surface area contributed by atoms with Crippen LogP contribution in [0.3, 0.4) is 0 Å². The average molecular weight is 351 g/mol. The van der Waals surface area contributed by atoms with Gasteiger partial charge >= 0.3 is 0 Å². The van der Waals surface area contributed by atoms with Gasteiger partial charge in [-0.05, 0) is 30.6 Å². The van der Waals surface area contributed by atoms with Crippen LogP contribution < -0.4 is 0 Å². The van der Waals surface area contributed by atoms with E-state index in [1.165, 1.54) is 23.3 Å². The van der Waals surface area contributed by atoms with E-state index in [2.05, 4.69) is 57.1 Å². The standard InChI is InChI=1S/C15H26OS4/c1-10(2)13(16)19-11(3)7-15(4,5)14-18-9-12(20-14)8-17-6/h11-12,14H,1,7-9H2,2-6H3. The molecular formula is C15H26OS4. The second-order valence-electron chi connectivity index (χ2n) is 6.07. The molecular weight excluding hydrogens is 324 g/mol. The Bertz CT molecular complexity index is 354. The monoisotopic (exact) mass is 350 g/mol. The maximum atomic E-state index is 11.7. The first-order valence-corrected chi connectivity index (χ1v) is 11.1. The number of carbonyl (C=O) groups excluding carboxylic acids is 1. The highest BCUT2D eigenvalue weighted by molar-refractivity contribution is 8.21. The molecule has 0 aromatic carbocycles. The van der Waals surface area contributed by atoms with Crippen LogP contribution in [-0.4, -0.2) is 38.0 Å². The summed E-state index contributed by atoms with van der Waals surface area (Å²) in [7, 11) is 0. The summed E-state index contributed by atoms with van der Waals surface area (Å²) in [6, 6.07) is 0. The first-order valence-electron chi connectivity index (χ1n) is 6.88. The van der Waals surface area contributed by atoms with Gasteiger partial charge in [-0.2, -0.15) is 11.8 Å². The predicted octanol–water partition coefficient (Wildman–Crippen LogP) is 5.16. The van der Waals surface area contributed by atoms with Crippen LogP contribution in [0, 0.1) is 5.41 Å². The molecule has 0 bridgehead atoms. The highest BCUT2D eigenvalue weighted by Gasteiger charge is 2.38. The van der Waals surface area contributed by atoms with Gasteiger partial charge in [0.05, 0.1) is 4.58 Å². The van der Waals surface area contributed by atoms with E-state index in [9.17, 15) is 4.79 Å². The summed E-state index contributed by atoms with van der Waals surface area (Å²) >= 11 is 7.63. The van der Waals surface area contributed by atoms with Crippen molar-refractivity contribution in [2.75, 3.05) is 17.8 Å². The summed E-state index contributed by atoms with van der Waals surface area (Å²) in [5.74, 6) is 2.52. The van der Waals surface area contributed by atoms with Gasteiger partial charge in [-0.25, -0.2) is 0 Å². The Kier molecular flexibility index (Phi) is 7.96. The molecule has 0 saturated carbocycles. The molecule has 1 nitrogen and oxygen atoms in total. The molecule has 1 rings (SSSR count). The normalized spacial score (nSPS) is 24.6. The van der Waals surface area contributed by atoms with Gasteiger partial charge in [-0.3, -0.25) is 4.79 Å². The summed E-state index contributed by atoms with van der Waals surface area (Å²) < 4.78 is 0.655. The van der Waals surface area contributed by atoms with E-state index in [1.807, 2.05) is 11.8 Å². The third kappa shape index (κ3) is 5.90. The van der Waals surface area contributed by atoms with Crippen LogP contribution in [0.1, 0.15) is 34.1 Å². The van der Waals surface area contributed by atoms with Crippen molar-refractivity contribution in [3.8, 4) is 0 Å². The van der Waals surface area contributed by atoms with Gasteiger partial charge in [0.2, 0.25) is 5.12 Å². The molecule has 0 amide bonds. The van der Waals surface area contributed by atoms with Gasteiger partial charge in [-0.15, -0.1) is 23.5 Å². The van der Waals surface area contributed by atoms with Crippen molar-refractivity contribution < 1.29 is 4.79 Å². The first-order chi connectivity index (χ1) is 9.26. The highest BCUT2D eigenvalue weighted by Crippen LogP contribution is 2.50. The molecule has 20 heavy (non-hydrogen) atoms. The maximum absolute atomic E-state index is 11.7. The lowest BCUT2D eigenvalue weighted by Gasteiger charge is -2.32. The summed E-state index contributed by atoms with van der Waals surface area (Å²) in [4.78, 5) is 11.7. The largest absolute Gasteiger partial charge is 0.282 e. The summed E-state index contributed by atoms with van der Waals surface area (Å²) in [6.45, 7) is 12.4. The van der Waals surface area contributed by atoms with Crippen molar-refractivity contribution in [2.45, 2.75) is 49.2 Å². The average Bonchev–Trinajstić information content (AvgIpc) is 2.77. The fourth-order valence-electron chi connectivity index (χ4n) is 2.29. The molecule has 0 aromatic rings. The Hall–Kier alpha value is 0.810. The molecule has 5 heteroatoms. The molecule has 0 spiro atoms. The first kappa shape index (κ1) is 18.9. The van der Waals surface area contributed by atoms with Gasteiger partial charge in [-0.1, -0.05) is 39.1 Å². The third-order valence-electron chi connectivity index (χ3n) is 3.21. The molecule has 3 atom stereocenters. The van der Waals surface area contributed by atoms with Crippen LogP contribution in [0.2, 0.25) is 0 Å². The molecule has 1 fully saturated rings.